The summed E-state index contributed by atoms with van der Waals surface area (Å²) in [7, 11) is 1.79. The first kappa shape index (κ1) is 22.8. The summed E-state index contributed by atoms with van der Waals surface area (Å²) >= 11 is 0. The van der Waals surface area contributed by atoms with E-state index in [4.69, 9.17) is 9.47 Å². The number of hydrogen-bond acceptors (Lipinski definition) is 7. The molecule has 0 atom stereocenters. The van der Waals surface area contributed by atoms with Crippen molar-refractivity contribution in [3.05, 3.63) is 58.4 Å². The normalized spacial score (nSPS) is 18.7. The molecule has 0 radical (unpaired) electrons. The van der Waals surface area contributed by atoms with E-state index in [0.29, 0.717) is 18.9 Å². The van der Waals surface area contributed by atoms with Gasteiger partial charge < -0.3 is 23.8 Å². The van der Waals surface area contributed by atoms with Crippen LogP contribution in [0.5, 0.6) is 11.5 Å². The third-order valence-electron chi connectivity index (χ3n) is 7.64. The van der Waals surface area contributed by atoms with E-state index in [1.54, 1.807) is 11.6 Å². The van der Waals surface area contributed by atoms with Crippen LogP contribution in [0.15, 0.2) is 47.3 Å². The van der Waals surface area contributed by atoms with Gasteiger partial charge in [-0.1, -0.05) is 18.2 Å². The molecule has 2 fully saturated rings. The molecule has 6 rings (SSSR count). The van der Waals surface area contributed by atoms with E-state index in [1.165, 1.54) is 5.56 Å². The van der Waals surface area contributed by atoms with Crippen molar-refractivity contribution in [3.8, 4) is 11.5 Å². The number of anilines is 1. The molecule has 3 aliphatic rings. The van der Waals surface area contributed by atoms with Gasteiger partial charge in [-0.15, -0.1) is 0 Å². The number of aromatic nitrogens is 2. The highest BCUT2D eigenvalue weighted by Gasteiger charge is 2.31. The quantitative estimate of drug-likeness (QED) is 0.556. The number of para-hydroxylation sites is 2. The van der Waals surface area contributed by atoms with Crippen molar-refractivity contribution in [2.45, 2.75) is 19.4 Å². The Morgan fingerprint density at radius 1 is 0.972 bits per heavy atom. The maximum Gasteiger partial charge on any atom is 0.293 e. The molecule has 0 spiro atoms. The van der Waals surface area contributed by atoms with Gasteiger partial charge in [0.05, 0.1) is 11.0 Å². The van der Waals surface area contributed by atoms with Gasteiger partial charge in [0.15, 0.2) is 17.3 Å². The van der Waals surface area contributed by atoms with Crippen molar-refractivity contribution >= 4 is 22.8 Å². The average molecular weight is 490 g/mol. The monoisotopic (exact) mass is 489 g/mol. The van der Waals surface area contributed by atoms with Crippen LogP contribution in [-0.2, 0) is 18.4 Å². The first-order chi connectivity index (χ1) is 17.6. The number of carbonyl (C=O) groups excluding carboxylic acids is 1. The predicted molar refractivity (Wildman–Crippen MR) is 136 cm³/mol. The number of ether oxygens (including phenoxy) is 2. The number of carbonyl (C=O) groups is 1. The zero-order chi connectivity index (χ0) is 24.6. The molecule has 0 N–H and O–H groups in total. The Bertz CT molecular complexity index is 1340. The van der Waals surface area contributed by atoms with Gasteiger partial charge in [-0.25, -0.2) is 4.98 Å². The van der Waals surface area contributed by atoms with E-state index in [0.717, 1.165) is 68.1 Å². The van der Waals surface area contributed by atoms with Gasteiger partial charge >= 0.3 is 0 Å². The Morgan fingerprint density at radius 3 is 2.53 bits per heavy atom. The highest BCUT2D eigenvalue weighted by atomic mass is 16.7. The lowest BCUT2D eigenvalue weighted by Crippen LogP contribution is -2.51. The molecule has 36 heavy (non-hydrogen) atoms. The number of nitrogens with zero attached hydrogens (tertiary/aromatic N) is 5. The lowest BCUT2D eigenvalue weighted by Gasteiger charge is -2.38. The van der Waals surface area contributed by atoms with Crippen LogP contribution < -0.4 is 19.9 Å². The van der Waals surface area contributed by atoms with Gasteiger partial charge in [0.1, 0.15) is 0 Å². The number of piperazine rings is 1. The molecule has 9 nitrogen and oxygen atoms in total. The minimum absolute atomic E-state index is 0.00553. The van der Waals surface area contributed by atoms with Gasteiger partial charge in [0.2, 0.25) is 12.7 Å². The molecule has 2 aromatic carbocycles. The average Bonchev–Trinajstić information content (AvgIpc) is 3.39. The Hall–Kier alpha value is -3.59. The predicted octanol–water partition coefficient (Wildman–Crippen LogP) is 2.22. The fourth-order valence-electron chi connectivity index (χ4n) is 5.49. The minimum Gasteiger partial charge on any atom is -0.454 e. The lowest BCUT2D eigenvalue weighted by atomic mass is 9.95. The smallest absolute Gasteiger partial charge is 0.293 e. The van der Waals surface area contributed by atoms with Crippen LogP contribution in [0.4, 0.5) is 5.82 Å². The van der Waals surface area contributed by atoms with Crippen LogP contribution in [0, 0.1) is 5.92 Å². The number of amides is 1. The second-order valence-electron chi connectivity index (χ2n) is 9.84. The Kier molecular flexibility index (Phi) is 6.00. The van der Waals surface area contributed by atoms with E-state index in [1.807, 2.05) is 46.2 Å². The molecule has 2 saturated heterocycles. The van der Waals surface area contributed by atoms with Crippen LogP contribution in [0.25, 0.3) is 11.0 Å². The summed E-state index contributed by atoms with van der Waals surface area (Å²) in [5.41, 5.74) is 2.75. The fourth-order valence-corrected chi connectivity index (χ4v) is 5.49. The molecule has 1 aromatic heterocycles. The molecular weight excluding hydrogens is 458 g/mol. The number of hydrogen-bond donors (Lipinski definition) is 0. The van der Waals surface area contributed by atoms with Gasteiger partial charge in [-0.05, 0) is 42.7 Å². The van der Waals surface area contributed by atoms with Crippen LogP contribution in [-0.4, -0.2) is 71.3 Å². The van der Waals surface area contributed by atoms with Crippen molar-refractivity contribution in [2.24, 2.45) is 13.0 Å². The van der Waals surface area contributed by atoms with Crippen molar-refractivity contribution < 1.29 is 14.3 Å². The van der Waals surface area contributed by atoms with Gasteiger partial charge in [-0.2, -0.15) is 0 Å². The topological polar surface area (TPSA) is 80.1 Å². The first-order valence-corrected chi connectivity index (χ1v) is 12.7. The maximum atomic E-state index is 13.3. The summed E-state index contributed by atoms with van der Waals surface area (Å²) in [6.45, 7) is 5.67. The van der Waals surface area contributed by atoms with Crippen molar-refractivity contribution in [3.63, 3.8) is 0 Å². The Morgan fingerprint density at radius 2 is 1.72 bits per heavy atom. The maximum absolute atomic E-state index is 13.3. The van der Waals surface area contributed by atoms with E-state index in [-0.39, 0.29) is 24.2 Å². The largest absolute Gasteiger partial charge is 0.454 e. The molecule has 1 amide bonds. The molecular formula is C27H31N5O4. The molecule has 0 saturated carbocycles. The second-order valence-corrected chi connectivity index (χ2v) is 9.84. The third-order valence-corrected chi connectivity index (χ3v) is 7.64. The second kappa shape index (κ2) is 9.46. The van der Waals surface area contributed by atoms with Crippen molar-refractivity contribution in [1.29, 1.82) is 0 Å². The SMILES string of the molecule is Cn1c(=O)c(N2CCC(C(=O)N3CCN(Cc4ccc5c(c4)OCO5)CC3)CC2)nc2ccccc21. The van der Waals surface area contributed by atoms with E-state index >= 15 is 0 Å². The summed E-state index contributed by atoms with van der Waals surface area (Å²) in [4.78, 5) is 37.3. The molecule has 3 aromatic rings. The molecule has 3 aliphatic heterocycles. The fraction of sp³-hybridized carbons (Fsp3) is 0.444. The molecule has 9 heteroatoms. The highest BCUT2D eigenvalue weighted by Crippen LogP contribution is 2.33. The molecule has 4 heterocycles. The number of aryl methyl sites for hydroxylation is 1. The molecule has 0 aliphatic carbocycles. The Labute approximate surface area is 209 Å². The third kappa shape index (κ3) is 4.28. The summed E-state index contributed by atoms with van der Waals surface area (Å²) in [5, 5.41) is 0. The summed E-state index contributed by atoms with van der Waals surface area (Å²) < 4.78 is 12.6. The molecule has 188 valence electrons. The highest BCUT2D eigenvalue weighted by molar-refractivity contribution is 5.79. The van der Waals surface area contributed by atoms with Gasteiger partial charge in [-0.3, -0.25) is 14.5 Å². The summed E-state index contributed by atoms with van der Waals surface area (Å²) in [6, 6.07) is 13.8. The summed E-state index contributed by atoms with van der Waals surface area (Å²) in [6.07, 6.45) is 1.49. The van der Waals surface area contributed by atoms with Crippen molar-refractivity contribution in [2.75, 3.05) is 51.0 Å². The van der Waals surface area contributed by atoms with Crippen molar-refractivity contribution in [1.82, 2.24) is 19.4 Å². The Balaban J connectivity index is 1.03. The molecule has 0 bridgehead atoms. The first-order valence-electron chi connectivity index (χ1n) is 12.7. The zero-order valence-electron chi connectivity index (χ0n) is 20.6. The number of rotatable bonds is 4. The van der Waals surface area contributed by atoms with E-state index in [9.17, 15) is 9.59 Å². The van der Waals surface area contributed by atoms with Crippen LogP contribution >= 0.6 is 0 Å². The van der Waals surface area contributed by atoms with E-state index < -0.39 is 0 Å². The van der Waals surface area contributed by atoms with Gasteiger partial charge in [0, 0.05) is 58.8 Å². The zero-order valence-corrected chi connectivity index (χ0v) is 20.6. The van der Waals surface area contributed by atoms with Crippen LogP contribution in [0.1, 0.15) is 18.4 Å². The van der Waals surface area contributed by atoms with E-state index in [2.05, 4.69) is 16.0 Å². The number of benzene rings is 2. The summed E-state index contributed by atoms with van der Waals surface area (Å²) in [5.74, 6) is 2.35. The van der Waals surface area contributed by atoms with Crippen LogP contribution in [0.3, 0.4) is 0 Å². The molecule has 0 unspecified atom stereocenters. The number of fused-ring (bicyclic) bond motifs is 2. The minimum atomic E-state index is -0.0861. The standard InChI is InChI=1S/C27H31N5O4/c1-29-22-5-3-2-4-21(22)28-25(27(29)34)31-10-8-20(9-11-31)26(33)32-14-12-30(13-15-32)17-19-6-7-23-24(16-19)36-18-35-23/h2-7,16,20H,8-15,17-18H2,1H3. The lowest BCUT2D eigenvalue weighted by molar-refractivity contribution is -0.138. The van der Waals surface area contributed by atoms with Gasteiger partial charge in [0.25, 0.3) is 5.56 Å². The number of piperidine rings is 1. The van der Waals surface area contributed by atoms with Crippen LogP contribution in [0.2, 0.25) is 0 Å².